The Morgan fingerprint density at radius 2 is 1.75 bits per heavy atom. The molecule has 0 aliphatic carbocycles. The van der Waals surface area contributed by atoms with Gasteiger partial charge >= 0.3 is 5.97 Å². The molecule has 0 aliphatic rings. The van der Waals surface area contributed by atoms with Crippen LogP contribution in [0, 0.1) is 0 Å². The van der Waals surface area contributed by atoms with Gasteiger partial charge in [-0.05, 0) is 18.1 Å². The van der Waals surface area contributed by atoms with E-state index in [1.54, 1.807) is 12.1 Å². The van der Waals surface area contributed by atoms with Gasteiger partial charge in [-0.15, -0.1) is 11.6 Å². The predicted molar refractivity (Wildman–Crippen MR) is 58.3 cm³/mol. The SMILES string of the molecule is CC(=O)C(Cl)c1ccccc1C(O)C(=O)O. The van der Waals surface area contributed by atoms with Crippen LogP contribution in [-0.4, -0.2) is 22.0 Å². The number of aliphatic hydroxyl groups is 1. The Labute approximate surface area is 97.5 Å². The smallest absolute Gasteiger partial charge is 0.337 e. The van der Waals surface area contributed by atoms with E-state index in [4.69, 9.17) is 16.7 Å². The maximum atomic E-state index is 11.1. The largest absolute Gasteiger partial charge is 0.479 e. The van der Waals surface area contributed by atoms with E-state index in [0.717, 1.165) is 0 Å². The Kier molecular flexibility index (Phi) is 4.04. The number of carbonyl (C=O) groups is 2. The van der Waals surface area contributed by atoms with Gasteiger partial charge in [0.05, 0.1) is 0 Å². The molecule has 0 aromatic heterocycles. The van der Waals surface area contributed by atoms with Crippen molar-refractivity contribution < 1.29 is 19.8 Å². The van der Waals surface area contributed by atoms with Crippen LogP contribution in [-0.2, 0) is 9.59 Å². The molecule has 2 N–H and O–H groups in total. The summed E-state index contributed by atoms with van der Waals surface area (Å²) in [6, 6.07) is 6.17. The number of carboxylic acids is 1. The second-order valence-electron chi connectivity index (χ2n) is 3.34. The predicted octanol–water partition coefficient (Wildman–Crippen LogP) is 1.67. The van der Waals surface area contributed by atoms with Gasteiger partial charge in [0, 0.05) is 0 Å². The number of halogens is 1. The molecule has 1 aromatic rings. The number of benzene rings is 1. The van der Waals surface area contributed by atoms with E-state index in [2.05, 4.69) is 0 Å². The highest BCUT2D eigenvalue weighted by Gasteiger charge is 2.24. The van der Waals surface area contributed by atoms with Gasteiger partial charge in [0.1, 0.15) is 5.38 Å². The first-order valence-corrected chi connectivity index (χ1v) is 5.03. The standard InChI is InChI=1S/C11H11ClO4/c1-6(13)9(12)7-4-2-3-5-8(7)10(14)11(15)16/h2-5,9-10,14H,1H3,(H,15,16). The zero-order chi connectivity index (χ0) is 12.3. The number of rotatable bonds is 4. The van der Waals surface area contributed by atoms with Gasteiger partial charge in [-0.2, -0.15) is 0 Å². The second kappa shape index (κ2) is 5.09. The van der Waals surface area contributed by atoms with Gasteiger partial charge in [-0.3, -0.25) is 4.79 Å². The summed E-state index contributed by atoms with van der Waals surface area (Å²) in [5.41, 5.74) is 0.469. The molecule has 0 saturated carbocycles. The van der Waals surface area contributed by atoms with Crippen LogP contribution in [0.2, 0.25) is 0 Å². The van der Waals surface area contributed by atoms with Crippen LogP contribution in [0.3, 0.4) is 0 Å². The molecular weight excluding hydrogens is 232 g/mol. The molecule has 1 rings (SSSR count). The van der Waals surface area contributed by atoms with Gasteiger partial charge in [-0.25, -0.2) is 4.79 Å². The van der Waals surface area contributed by atoms with Gasteiger partial charge in [-0.1, -0.05) is 24.3 Å². The number of carboxylic acid groups (broad SMARTS) is 1. The van der Waals surface area contributed by atoms with Crippen molar-refractivity contribution in [3.63, 3.8) is 0 Å². The Morgan fingerprint density at radius 3 is 2.19 bits per heavy atom. The normalized spacial score (nSPS) is 14.2. The number of carbonyl (C=O) groups excluding carboxylic acids is 1. The summed E-state index contributed by atoms with van der Waals surface area (Å²) in [7, 11) is 0. The van der Waals surface area contributed by atoms with Crippen LogP contribution in [0.15, 0.2) is 24.3 Å². The van der Waals surface area contributed by atoms with Crippen LogP contribution < -0.4 is 0 Å². The number of aliphatic hydroxyl groups excluding tert-OH is 1. The third kappa shape index (κ3) is 2.59. The van der Waals surface area contributed by atoms with E-state index in [1.807, 2.05) is 0 Å². The molecule has 16 heavy (non-hydrogen) atoms. The summed E-state index contributed by atoms with van der Waals surface area (Å²) >= 11 is 5.84. The number of alkyl halides is 1. The number of hydrogen-bond acceptors (Lipinski definition) is 3. The first-order chi connectivity index (χ1) is 7.45. The van der Waals surface area contributed by atoms with Crippen molar-refractivity contribution in [3.8, 4) is 0 Å². The van der Waals surface area contributed by atoms with E-state index < -0.39 is 17.5 Å². The van der Waals surface area contributed by atoms with Gasteiger partial charge in [0.2, 0.25) is 0 Å². The van der Waals surface area contributed by atoms with Crippen molar-refractivity contribution in [2.75, 3.05) is 0 Å². The first-order valence-electron chi connectivity index (χ1n) is 4.59. The van der Waals surface area contributed by atoms with Crippen LogP contribution in [0.25, 0.3) is 0 Å². The molecule has 0 fully saturated rings. The topological polar surface area (TPSA) is 74.6 Å². The maximum Gasteiger partial charge on any atom is 0.337 e. The molecule has 2 atom stereocenters. The van der Waals surface area contributed by atoms with E-state index in [1.165, 1.54) is 19.1 Å². The second-order valence-corrected chi connectivity index (χ2v) is 3.78. The van der Waals surface area contributed by atoms with Gasteiger partial charge < -0.3 is 10.2 Å². The number of aliphatic carboxylic acids is 1. The molecule has 0 heterocycles. The average Bonchev–Trinajstić information content (AvgIpc) is 2.26. The first kappa shape index (κ1) is 12.7. The van der Waals surface area contributed by atoms with Crippen LogP contribution in [0.4, 0.5) is 0 Å². The van der Waals surface area contributed by atoms with Crippen molar-refractivity contribution in [1.82, 2.24) is 0 Å². The quantitative estimate of drug-likeness (QED) is 0.788. The molecule has 1 aromatic carbocycles. The zero-order valence-electron chi connectivity index (χ0n) is 8.55. The third-order valence-electron chi connectivity index (χ3n) is 2.15. The fourth-order valence-corrected chi connectivity index (χ4v) is 1.54. The summed E-state index contributed by atoms with van der Waals surface area (Å²) in [6.45, 7) is 1.31. The average molecular weight is 243 g/mol. The summed E-state index contributed by atoms with van der Waals surface area (Å²) < 4.78 is 0. The lowest BCUT2D eigenvalue weighted by Gasteiger charge is -2.14. The number of ketones is 1. The number of hydrogen-bond donors (Lipinski definition) is 2. The minimum Gasteiger partial charge on any atom is -0.479 e. The summed E-state index contributed by atoms with van der Waals surface area (Å²) in [4.78, 5) is 21.8. The Hall–Kier alpha value is -1.39. The fourth-order valence-electron chi connectivity index (χ4n) is 1.34. The van der Waals surface area contributed by atoms with Crippen molar-refractivity contribution in [3.05, 3.63) is 35.4 Å². The Balaban J connectivity index is 3.19. The highest BCUT2D eigenvalue weighted by atomic mass is 35.5. The molecule has 4 nitrogen and oxygen atoms in total. The van der Waals surface area contributed by atoms with E-state index in [0.29, 0.717) is 5.56 Å². The highest BCUT2D eigenvalue weighted by Crippen LogP contribution is 2.28. The van der Waals surface area contributed by atoms with Crippen LogP contribution in [0.1, 0.15) is 29.5 Å². The Morgan fingerprint density at radius 1 is 1.25 bits per heavy atom. The highest BCUT2D eigenvalue weighted by molar-refractivity contribution is 6.30. The third-order valence-corrected chi connectivity index (χ3v) is 2.70. The van der Waals surface area contributed by atoms with E-state index >= 15 is 0 Å². The molecule has 0 bridgehead atoms. The minimum atomic E-state index is -1.67. The molecule has 0 saturated heterocycles. The number of Topliss-reactive ketones (excluding diaryl/α,β-unsaturated/α-hetero) is 1. The van der Waals surface area contributed by atoms with Crippen molar-refractivity contribution >= 4 is 23.4 Å². The van der Waals surface area contributed by atoms with Crippen molar-refractivity contribution in [2.45, 2.75) is 18.4 Å². The molecule has 2 unspecified atom stereocenters. The van der Waals surface area contributed by atoms with Crippen molar-refractivity contribution in [2.24, 2.45) is 0 Å². The molecule has 0 radical (unpaired) electrons. The minimum absolute atomic E-state index is 0.144. The summed E-state index contributed by atoms with van der Waals surface area (Å²) in [6.07, 6.45) is -1.67. The lowest BCUT2D eigenvalue weighted by Crippen LogP contribution is -2.15. The summed E-state index contributed by atoms with van der Waals surface area (Å²) in [5, 5.41) is 17.2. The molecule has 5 heteroatoms. The van der Waals surface area contributed by atoms with Crippen LogP contribution in [0.5, 0.6) is 0 Å². The van der Waals surface area contributed by atoms with Gasteiger partial charge in [0.25, 0.3) is 0 Å². The molecular formula is C11H11ClO4. The monoisotopic (exact) mass is 242 g/mol. The lowest BCUT2D eigenvalue weighted by molar-refractivity contribution is -0.147. The molecule has 86 valence electrons. The molecule has 0 aliphatic heterocycles. The lowest BCUT2D eigenvalue weighted by atomic mass is 9.98. The van der Waals surface area contributed by atoms with Crippen molar-refractivity contribution in [1.29, 1.82) is 0 Å². The Bertz CT molecular complexity index is 377. The summed E-state index contributed by atoms with van der Waals surface area (Å²) in [5.74, 6) is -1.67. The zero-order valence-corrected chi connectivity index (χ0v) is 9.31. The molecule has 0 spiro atoms. The molecule has 0 amide bonds. The van der Waals surface area contributed by atoms with E-state index in [9.17, 15) is 14.7 Å². The fraction of sp³-hybridized carbons (Fsp3) is 0.273. The van der Waals surface area contributed by atoms with Crippen LogP contribution >= 0.6 is 11.6 Å². The van der Waals surface area contributed by atoms with E-state index in [-0.39, 0.29) is 11.3 Å². The maximum absolute atomic E-state index is 11.1. The van der Waals surface area contributed by atoms with Gasteiger partial charge in [0.15, 0.2) is 11.9 Å².